The van der Waals surface area contributed by atoms with Crippen LogP contribution < -0.4 is 5.32 Å². The number of amides is 1. The summed E-state index contributed by atoms with van der Waals surface area (Å²) in [6.07, 6.45) is 0. The predicted molar refractivity (Wildman–Crippen MR) is 59.7 cm³/mol. The lowest BCUT2D eigenvalue weighted by atomic mass is 10.2. The molecule has 88 valence electrons. The molecule has 1 N–H and O–H groups in total. The molecule has 1 atom stereocenters. The molecule has 1 amide bonds. The van der Waals surface area contributed by atoms with E-state index in [1.165, 1.54) is 0 Å². The van der Waals surface area contributed by atoms with E-state index in [9.17, 15) is 4.79 Å². The maximum atomic E-state index is 11.8. The van der Waals surface area contributed by atoms with Gasteiger partial charge in [0.2, 0.25) is 5.91 Å². The second kappa shape index (κ2) is 6.08. The van der Waals surface area contributed by atoms with Crippen molar-refractivity contribution in [3.8, 4) is 0 Å². The van der Waals surface area contributed by atoms with Crippen LogP contribution in [0.2, 0.25) is 0 Å². The normalized spacial score (nSPS) is 20.3. The van der Waals surface area contributed by atoms with E-state index >= 15 is 0 Å². The van der Waals surface area contributed by atoms with E-state index in [0.717, 1.165) is 32.8 Å². The molecular weight excluding hydrogens is 192 g/mol. The molecule has 1 saturated heterocycles. The molecule has 0 aromatic heterocycles. The van der Waals surface area contributed by atoms with Gasteiger partial charge in [-0.2, -0.15) is 0 Å². The Labute approximate surface area is 92.0 Å². The van der Waals surface area contributed by atoms with Gasteiger partial charge in [-0.05, 0) is 12.8 Å². The third-order valence-corrected chi connectivity index (χ3v) is 2.66. The van der Waals surface area contributed by atoms with Crippen molar-refractivity contribution < 1.29 is 9.53 Å². The zero-order chi connectivity index (χ0) is 11.3. The van der Waals surface area contributed by atoms with Crippen LogP contribution in [-0.4, -0.2) is 49.7 Å². The Kier molecular flexibility index (Phi) is 5.05. The number of hydrogen-bond acceptors (Lipinski definition) is 3. The van der Waals surface area contributed by atoms with E-state index in [1.807, 2.05) is 6.92 Å². The predicted octanol–water partition coefficient (Wildman–Crippen LogP) is 0.479. The Morgan fingerprint density at radius 1 is 1.33 bits per heavy atom. The van der Waals surface area contributed by atoms with Gasteiger partial charge in [-0.15, -0.1) is 0 Å². The second-order valence-corrected chi connectivity index (χ2v) is 4.46. The fourth-order valence-corrected chi connectivity index (χ4v) is 1.58. The van der Waals surface area contributed by atoms with Gasteiger partial charge < -0.3 is 10.1 Å². The molecule has 0 bridgehead atoms. The minimum absolute atomic E-state index is 0.0346. The van der Waals surface area contributed by atoms with Crippen LogP contribution in [0.25, 0.3) is 0 Å². The van der Waals surface area contributed by atoms with Gasteiger partial charge in [0, 0.05) is 19.6 Å². The summed E-state index contributed by atoms with van der Waals surface area (Å²) in [5.74, 6) is 0.636. The van der Waals surface area contributed by atoms with Crippen LogP contribution in [0.15, 0.2) is 0 Å². The first kappa shape index (κ1) is 12.5. The maximum absolute atomic E-state index is 11.8. The molecule has 1 aliphatic heterocycles. The summed E-state index contributed by atoms with van der Waals surface area (Å²) in [6, 6.07) is -0.0346. The van der Waals surface area contributed by atoms with Crippen LogP contribution in [0.3, 0.4) is 0 Å². The Morgan fingerprint density at radius 3 is 2.47 bits per heavy atom. The third-order valence-electron chi connectivity index (χ3n) is 2.66. The first-order chi connectivity index (χ1) is 7.11. The summed E-state index contributed by atoms with van der Waals surface area (Å²) in [4.78, 5) is 13.9. The van der Waals surface area contributed by atoms with E-state index in [4.69, 9.17) is 4.74 Å². The second-order valence-electron chi connectivity index (χ2n) is 4.46. The van der Waals surface area contributed by atoms with E-state index in [0.29, 0.717) is 5.92 Å². The molecule has 1 fully saturated rings. The quantitative estimate of drug-likeness (QED) is 0.740. The molecule has 0 unspecified atom stereocenters. The standard InChI is InChI=1S/C11H22N2O2/c1-9(2)8-12-11(14)10(3)13-4-6-15-7-5-13/h9-10H,4-8H2,1-3H3,(H,12,14)/t10-/m0/s1. The van der Waals surface area contributed by atoms with Crippen molar-refractivity contribution in [3.05, 3.63) is 0 Å². The van der Waals surface area contributed by atoms with Crippen molar-refractivity contribution in [2.24, 2.45) is 5.92 Å². The van der Waals surface area contributed by atoms with Gasteiger partial charge in [0.25, 0.3) is 0 Å². The topological polar surface area (TPSA) is 41.6 Å². The van der Waals surface area contributed by atoms with Crippen molar-refractivity contribution >= 4 is 5.91 Å². The fourth-order valence-electron chi connectivity index (χ4n) is 1.58. The van der Waals surface area contributed by atoms with Crippen LogP contribution in [0.5, 0.6) is 0 Å². The molecule has 0 radical (unpaired) electrons. The van der Waals surface area contributed by atoms with Crippen LogP contribution >= 0.6 is 0 Å². The van der Waals surface area contributed by atoms with Gasteiger partial charge >= 0.3 is 0 Å². The summed E-state index contributed by atoms with van der Waals surface area (Å²) in [5, 5.41) is 2.96. The highest BCUT2D eigenvalue weighted by molar-refractivity contribution is 5.81. The van der Waals surface area contributed by atoms with Gasteiger partial charge in [-0.1, -0.05) is 13.8 Å². The van der Waals surface area contributed by atoms with E-state index < -0.39 is 0 Å². The first-order valence-electron chi connectivity index (χ1n) is 5.70. The van der Waals surface area contributed by atoms with Crippen molar-refractivity contribution in [1.82, 2.24) is 10.2 Å². The van der Waals surface area contributed by atoms with Gasteiger partial charge in [0.05, 0.1) is 19.3 Å². The Morgan fingerprint density at radius 2 is 1.93 bits per heavy atom. The number of ether oxygens (including phenoxy) is 1. The largest absolute Gasteiger partial charge is 0.379 e. The average Bonchev–Trinajstić information content (AvgIpc) is 2.26. The van der Waals surface area contributed by atoms with Crippen LogP contribution in [0, 0.1) is 5.92 Å². The molecule has 0 spiro atoms. The molecule has 1 heterocycles. The van der Waals surface area contributed by atoms with Gasteiger partial charge in [-0.3, -0.25) is 9.69 Å². The van der Waals surface area contributed by atoms with Crippen molar-refractivity contribution in [2.45, 2.75) is 26.8 Å². The molecule has 0 aliphatic carbocycles. The summed E-state index contributed by atoms with van der Waals surface area (Å²) in [6.45, 7) is 10.1. The fraction of sp³-hybridized carbons (Fsp3) is 0.909. The number of hydrogen-bond donors (Lipinski definition) is 1. The zero-order valence-electron chi connectivity index (χ0n) is 9.95. The lowest BCUT2D eigenvalue weighted by Crippen LogP contribution is -2.50. The molecule has 0 aromatic carbocycles. The van der Waals surface area contributed by atoms with Crippen molar-refractivity contribution in [2.75, 3.05) is 32.8 Å². The summed E-state index contributed by atoms with van der Waals surface area (Å²) in [5.41, 5.74) is 0. The third kappa shape index (κ3) is 4.18. The van der Waals surface area contributed by atoms with Gasteiger partial charge in [-0.25, -0.2) is 0 Å². The van der Waals surface area contributed by atoms with Crippen LogP contribution in [0.4, 0.5) is 0 Å². The van der Waals surface area contributed by atoms with Gasteiger partial charge in [0.15, 0.2) is 0 Å². The highest BCUT2D eigenvalue weighted by Crippen LogP contribution is 2.03. The van der Waals surface area contributed by atoms with E-state index in [-0.39, 0.29) is 11.9 Å². The lowest BCUT2D eigenvalue weighted by molar-refractivity contribution is -0.127. The van der Waals surface area contributed by atoms with Crippen molar-refractivity contribution in [3.63, 3.8) is 0 Å². The smallest absolute Gasteiger partial charge is 0.237 e. The number of morpholine rings is 1. The molecule has 0 aromatic rings. The average molecular weight is 214 g/mol. The van der Waals surface area contributed by atoms with Crippen molar-refractivity contribution in [1.29, 1.82) is 0 Å². The first-order valence-corrected chi connectivity index (χ1v) is 5.70. The summed E-state index contributed by atoms with van der Waals surface area (Å²) < 4.78 is 5.25. The van der Waals surface area contributed by atoms with E-state index in [2.05, 4.69) is 24.1 Å². The summed E-state index contributed by atoms with van der Waals surface area (Å²) >= 11 is 0. The highest BCUT2D eigenvalue weighted by atomic mass is 16.5. The van der Waals surface area contributed by atoms with Crippen LogP contribution in [-0.2, 0) is 9.53 Å². The molecule has 0 saturated carbocycles. The number of carbonyl (C=O) groups is 1. The monoisotopic (exact) mass is 214 g/mol. The number of rotatable bonds is 4. The minimum Gasteiger partial charge on any atom is -0.379 e. The Hall–Kier alpha value is -0.610. The van der Waals surface area contributed by atoms with E-state index in [1.54, 1.807) is 0 Å². The molecule has 1 rings (SSSR count). The molecule has 1 aliphatic rings. The summed E-state index contributed by atoms with van der Waals surface area (Å²) in [7, 11) is 0. The lowest BCUT2D eigenvalue weighted by Gasteiger charge is -2.31. The van der Waals surface area contributed by atoms with Gasteiger partial charge in [0.1, 0.15) is 0 Å². The minimum atomic E-state index is -0.0346. The Bertz CT molecular complexity index is 201. The molecular formula is C11H22N2O2. The zero-order valence-corrected chi connectivity index (χ0v) is 9.95. The maximum Gasteiger partial charge on any atom is 0.237 e. The number of nitrogens with one attached hydrogen (secondary N) is 1. The number of nitrogens with zero attached hydrogens (tertiary/aromatic N) is 1. The SMILES string of the molecule is CC(C)CNC(=O)[C@H](C)N1CCOCC1. The van der Waals surface area contributed by atoms with Crippen LogP contribution in [0.1, 0.15) is 20.8 Å². The molecule has 4 heteroatoms. The highest BCUT2D eigenvalue weighted by Gasteiger charge is 2.22. The number of carbonyl (C=O) groups excluding carboxylic acids is 1. The molecule has 15 heavy (non-hydrogen) atoms. The Balaban J connectivity index is 2.30. The molecule has 4 nitrogen and oxygen atoms in total.